The SMILES string of the molecule is CC(C)(C)CN(C(=O)C(C1CC1)C1CC(F)(F)CN1)c1cc(Cl)cc(Cl)c1. The van der Waals surface area contributed by atoms with E-state index in [0.717, 1.165) is 12.8 Å². The fourth-order valence-electron chi connectivity index (χ4n) is 3.80. The van der Waals surface area contributed by atoms with Gasteiger partial charge in [-0.2, -0.15) is 0 Å². The topological polar surface area (TPSA) is 32.3 Å². The van der Waals surface area contributed by atoms with Gasteiger partial charge in [-0.3, -0.25) is 4.79 Å². The summed E-state index contributed by atoms with van der Waals surface area (Å²) in [5.74, 6) is -3.19. The number of benzene rings is 1. The van der Waals surface area contributed by atoms with Crippen molar-refractivity contribution in [2.45, 2.75) is 52.0 Å². The van der Waals surface area contributed by atoms with Crippen LogP contribution in [-0.2, 0) is 4.79 Å². The second kappa shape index (κ2) is 7.49. The van der Waals surface area contributed by atoms with E-state index in [4.69, 9.17) is 23.2 Å². The minimum Gasteiger partial charge on any atom is -0.312 e. The molecule has 1 saturated carbocycles. The van der Waals surface area contributed by atoms with E-state index < -0.39 is 17.9 Å². The molecule has 150 valence electrons. The normalized spacial score (nSPS) is 23.3. The van der Waals surface area contributed by atoms with Crippen molar-refractivity contribution in [2.75, 3.05) is 18.0 Å². The summed E-state index contributed by atoms with van der Waals surface area (Å²) in [6.07, 6.45) is 1.51. The van der Waals surface area contributed by atoms with Gasteiger partial charge in [0.1, 0.15) is 0 Å². The van der Waals surface area contributed by atoms with Crippen LogP contribution in [0, 0.1) is 17.3 Å². The molecule has 3 rings (SSSR count). The van der Waals surface area contributed by atoms with Crippen LogP contribution in [0.1, 0.15) is 40.0 Å². The van der Waals surface area contributed by atoms with Crippen molar-refractivity contribution in [3.63, 3.8) is 0 Å². The number of amides is 1. The van der Waals surface area contributed by atoms with Gasteiger partial charge in [0.05, 0.1) is 12.5 Å². The van der Waals surface area contributed by atoms with Gasteiger partial charge in [-0.25, -0.2) is 8.78 Å². The summed E-state index contributed by atoms with van der Waals surface area (Å²) in [5.41, 5.74) is 0.439. The van der Waals surface area contributed by atoms with Gasteiger partial charge < -0.3 is 10.2 Å². The maximum Gasteiger partial charge on any atom is 0.261 e. The molecule has 1 aromatic rings. The van der Waals surface area contributed by atoms with Crippen LogP contribution in [-0.4, -0.2) is 31.0 Å². The highest BCUT2D eigenvalue weighted by Crippen LogP contribution is 2.44. The van der Waals surface area contributed by atoms with Crippen molar-refractivity contribution in [2.24, 2.45) is 17.3 Å². The summed E-state index contributed by atoms with van der Waals surface area (Å²) in [5, 5.41) is 3.78. The van der Waals surface area contributed by atoms with Crippen molar-refractivity contribution < 1.29 is 13.6 Å². The molecule has 1 aromatic carbocycles. The highest BCUT2D eigenvalue weighted by atomic mass is 35.5. The van der Waals surface area contributed by atoms with Gasteiger partial charge in [-0.05, 0) is 42.4 Å². The van der Waals surface area contributed by atoms with E-state index in [9.17, 15) is 13.6 Å². The van der Waals surface area contributed by atoms with Gasteiger partial charge in [0.15, 0.2) is 0 Å². The molecule has 7 heteroatoms. The van der Waals surface area contributed by atoms with Gasteiger partial charge >= 0.3 is 0 Å². The molecule has 1 heterocycles. The molecule has 27 heavy (non-hydrogen) atoms. The lowest BCUT2D eigenvalue weighted by atomic mass is 9.89. The van der Waals surface area contributed by atoms with Gasteiger partial charge in [0, 0.05) is 34.7 Å². The maximum absolute atomic E-state index is 13.8. The molecule has 2 atom stereocenters. The third-order valence-corrected chi connectivity index (χ3v) is 5.48. The number of hydrogen-bond donors (Lipinski definition) is 1. The molecular formula is C20H26Cl2F2N2O. The Labute approximate surface area is 169 Å². The quantitative estimate of drug-likeness (QED) is 0.694. The third kappa shape index (κ3) is 5.33. The lowest BCUT2D eigenvalue weighted by molar-refractivity contribution is -0.124. The number of anilines is 1. The molecule has 1 aliphatic heterocycles. The number of rotatable bonds is 5. The average Bonchev–Trinajstić information content (AvgIpc) is 3.27. The Morgan fingerprint density at radius 1 is 1.26 bits per heavy atom. The van der Waals surface area contributed by atoms with Crippen LogP contribution in [0.4, 0.5) is 14.5 Å². The maximum atomic E-state index is 13.8. The fraction of sp³-hybridized carbons (Fsp3) is 0.650. The average molecular weight is 419 g/mol. The minimum absolute atomic E-state index is 0.124. The van der Waals surface area contributed by atoms with E-state index in [-0.39, 0.29) is 30.2 Å². The highest BCUT2D eigenvalue weighted by Gasteiger charge is 2.50. The molecule has 0 spiro atoms. The lowest BCUT2D eigenvalue weighted by Crippen LogP contribution is -2.48. The Morgan fingerprint density at radius 2 is 1.85 bits per heavy atom. The Kier molecular flexibility index (Phi) is 5.77. The predicted molar refractivity (Wildman–Crippen MR) is 106 cm³/mol. The molecule has 2 unspecified atom stereocenters. The summed E-state index contributed by atoms with van der Waals surface area (Å²) in [6, 6.07) is 4.52. The lowest BCUT2D eigenvalue weighted by Gasteiger charge is -2.35. The molecule has 0 aromatic heterocycles. The van der Waals surface area contributed by atoms with E-state index in [1.165, 1.54) is 0 Å². The summed E-state index contributed by atoms with van der Waals surface area (Å²) in [7, 11) is 0. The van der Waals surface area contributed by atoms with E-state index >= 15 is 0 Å². The van der Waals surface area contributed by atoms with Crippen LogP contribution in [0.15, 0.2) is 18.2 Å². The predicted octanol–water partition coefficient (Wildman–Crippen LogP) is 5.40. The number of hydrogen-bond acceptors (Lipinski definition) is 2. The van der Waals surface area contributed by atoms with Gasteiger partial charge in [0.2, 0.25) is 5.91 Å². The molecule has 3 nitrogen and oxygen atoms in total. The molecule has 0 radical (unpaired) electrons. The molecule has 2 aliphatic rings. The smallest absolute Gasteiger partial charge is 0.261 e. The molecular weight excluding hydrogens is 393 g/mol. The molecule has 1 saturated heterocycles. The first-order valence-electron chi connectivity index (χ1n) is 9.34. The second-order valence-electron chi connectivity index (χ2n) is 9.02. The van der Waals surface area contributed by atoms with Crippen LogP contribution < -0.4 is 10.2 Å². The van der Waals surface area contributed by atoms with Crippen LogP contribution in [0.5, 0.6) is 0 Å². The van der Waals surface area contributed by atoms with Crippen LogP contribution >= 0.6 is 23.2 Å². The Balaban J connectivity index is 1.93. The zero-order chi connectivity index (χ0) is 20.0. The summed E-state index contributed by atoms with van der Waals surface area (Å²) < 4.78 is 27.6. The third-order valence-electron chi connectivity index (χ3n) is 5.05. The minimum atomic E-state index is -2.76. The number of nitrogens with one attached hydrogen (secondary N) is 1. The van der Waals surface area contributed by atoms with E-state index in [1.807, 2.05) is 20.8 Å². The number of nitrogens with zero attached hydrogens (tertiary/aromatic N) is 1. The summed E-state index contributed by atoms with van der Waals surface area (Å²) in [6.45, 7) is 6.19. The van der Waals surface area contributed by atoms with E-state index in [0.29, 0.717) is 22.3 Å². The van der Waals surface area contributed by atoms with Crippen molar-refractivity contribution >= 4 is 34.8 Å². The molecule has 1 N–H and O–H groups in total. The molecule has 1 aliphatic carbocycles. The van der Waals surface area contributed by atoms with Crippen molar-refractivity contribution in [3.8, 4) is 0 Å². The fourth-order valence-corrected chi connectivity index (χ4v) is 4.32. The highest BCUT2D eigenvalue weighted by molar-refractivity contribution is 6.35. The molecule has 1 amide bonds. The van der Waals surface area contributed by atoms with E-state index in [1.54, 1.807) is 23.1 Å². The van der Waals surface area contributed by atoms with Crippen LogP contribution in [0.3, 0.4) is 0 Å². The molecule has 2 fully saturated rings. The summed E-state index contributed by atoms with van der Waals surface area (Å²) in [4.78, 5) is 15.3. The summed E-state index contributed by atoms with van der Waals surface area (Å²) >= 11 is 12.3. The monoisotopic (exact) mass is 418 g/mol. The largest absolute Gasteiger partial charge is 0.312 e. The van der Waals surface area contributed by atoms with Gasteiger partial charge in [0.25, 0.3) is 5.92 Å². The first kappa shape index (κ1) is 20.8. The molecule has 0 bridgehead atoms. The second-order valence-corrected chi connectivity index (χ2v) is 9.90. The number of alkyl halides is 2. The standard InChI is InChI=1S/C20H26Cl2F2N2O/c1-19(2,3)11-26(15-7-13(21)6-14(22)8-15)18(27)17(12-4-5-12)16-9-20(23,24)10-25-16/h6-8,12,16-17,25H,4-5,9-11H2,1-3H3. The number of carbonyl (C=O) groups is 1. The first-order chi connectivity index (χ1) is 12.5. The van der Waals surface area contributed by atoms with Crippen molar-refractivity contribution in [1.82, 2.24) is 5.32 Å². The van der Waals surface area contributed by atoms with Crippen LogP contribution in [0.25, 0.3) is 0 Å². The van der Waals surface area contributed by atoms with E-state index in [2.05, 4.69) is 5.32 Å². The zero-order valence-electron chi connectivity index (χ0n) is 15.9. The van der Waals surface area contributed by atoms with Gasteiger partial charge in [-0.15, -0.1) is 0 Å². The van der Waals surface area contributed by atoms with Crippen LogP contribution in [0.2, 0.25) is 10.0 Å². The number of carbonyl (C=O) groups excluding carboxylic acids is 1. The Bertz CT molecular complexity index is 696. The van der Waals surface area contributed by atoms with Crippen molar-refractivity contribution in [3.05, 3.63) is 28.2 Å². The Morgan fingerprint density at radius 3 is 2.30 bits per heavy atom. The Hall–Kier alpha value is -0.910. The van der Waals surface area contributed by atoms with Crippen molar-refractivity contribution in [1.29, 1.82) is 0 Å². The first-order valence-corrected chi connectivity index (χ1v) is 10.1. The number of halogens is 4. The zero-order valence-corrected chi connectivity index (χ0v) is 17.4. The van der Waals surface area contributed by atoms with Gasteiger partial charge in [-0.1, -0.05) is 44.0 Å².